The lowest BCUT2D eigenvalue weighted by molar-refractivity contribution is 0.625. The molecule has 6 aromatic rings. The third kappa shape index (κ3) is 5.03. The number of aromatic nitrogens is 9. The van der Waals surface area contributed by atoms with Gasteiger partial charge in [0, 0.05) is 29.7 Å². The largest absolute Gasteiger partial charge is 0.292 e. The van der Waals surface area contributed by atoms with E-state index in [1.165, 1.54) is 0 Å². The van der Waals surface area contributed by atoms with Crippen LogP contribution in [0.15, 0.2) is 71.5 Å². The highest BCUT2D eigenvalue weighted by Gasteiger charge is 2.16. The lowest BCUT2D eigenvalue weighted by atomic mass is 9.98. The Labute approximate surface area is 230 Å². The van der Waals surface area contributed by atoms with Gasteiger partial charge in [-0.3, -0.25) is 9.36 Å². The van der Waals surface area contributed by atoms with E-state index in [4.69, 9.17) is 4.98 Å². The van der Waals surface area contributed by atoms with Gasteiger partial charge < -0.3 is 0 Å². The van der Waals surface area contributed by atoms with Crippen molar-refractivity contribution in [3.8, 4) is 22.5 Å². The van der Waals surface area contributed by atoms with E-state index in [0.29, 0.717) is 24.4 Å². The molecule has 0 aliphatic rings. The number of fused-ring (bicyclic) bond motifs is 1. The number of nitrogens with zero attached hydrogens (tertiary/aromatic N) is 7. The fourth-order valence-electron chi connectivity index (χ4n) is 5.03. The van der Waals surface area contributed by atoms with Crippen molar-refractivity contribution >= 4 is 11.0 Å². The fourth-order valence-corrected chi connectivity index (χ4v) is 5.03. The molecule has 0 aliphatic carbocycles. The van der Waals surface area contributed by atoms with Gasteiger partial charge in [0.2, 0.25) is 5.82 Å². The lowest BCUT2D eigenvalue weighted by Crippen LogP contribution is -2.30. The monoisotopic (exact) mass is 531 g/mol. The summed E-state index contributed by atoms with van der Waals surface area (Å²) in [5.74, 6) is 1.37. The first-order valence-corrected chi connectivity index (χ1v) is 13.4. The van der Waals surface area contributed by atoms with Crippen LogP contribution in [0.2, 0.25) is 0 Å². The maximum atomic E-state index is 13.9. The number of tetrazole rings is 1. The molecule has 0 saturated carbocycles. The number of rotatable bonds is 9. The second-order valence-corrected chi connectivity index (χ2v) is 9.89. The van der Waals surface area contributed by atoms with Crippen molar-refractivity contribution in [3.05, 3.63) is 105 Å². The predicted molar refractivity (Wildman–Crippen MR) is 153 cm³/mol. The van der Waals surface area contributed by atoms with Crippen molar-refractivity contribution in [3.63, 3.8) is 0 Å². The molecule has 40 heavy (non-hydrogen) atoms. The van der Waals surface area contributed by atoms with Crippen LogP contribution in [0.4, 0.5) is 0 Å². The summed E-state index contributed by atoms with van der Waals surface area (Å²) in [6, 6.07) is 22.1. The molecule has 10 nitrogen and oxygen atoms in total. The third-order valence-electron chi connectivity index (χ3n) is 7.18. The van der Waals surface area contributed by atoms with E-state index in [0.717, 1.165) is 69.6 Å². The molecule has 6 rings (SSSR count). The third-order valence-corrected chi connectivity index (χ3v) is 7.18. The van der Waals surface area contributed by atoms with Gasteiger partial charge in [-0.25, -0.2) is 4.98 Å². The summed E-state index contributed by atoms with van der Waals surface area (Å²) in [6.45, 7) is 4.53. The van der Waals surface area contributed by atoms with Gasteiger partial charge in [-0.2, -0.15) is 20.6 Å². The topological polar surface area (TPSA) is 131 Å². The molecule has 3 aromatic heterocycles. The number of unbranched alkanes of at least 4 members (excludes halogenated alkanes) is 1. The molecule has 0 unspecified atom stereocenters. The summed E-state index contributed by atoms with van der Waals surface area (Å²) < 4.78 is 1.84. The summed E-state index contributed by atoms with van der Waals surface area (Å²) in [7, 11) is 0. The Kier molecular flexibility index (Phi) is 6.96. The van der Waals surface area contributed by atoms with Gasteiger partial charge in [0.25, 0.3) is 5.56 Å². The number of hydrogen-bond acceptors (Lipinski definition) is 7. The van der Waals surface area contributed by atoms with E-state index in [2.05, 4.69) is 67.2 Å². The first kappa shape index (κ1) is 25.3. The van der Waals surface area contributed by atoms with E-state index in [1.54, 1.807) is 0 Å². The number of aromatic amines is 2. The molecule has 3 heterocycles. The normalized spacial score (nSPS) is 11.3. The molecular weight excluding hydrogens is 502 g/mol. The van der Waals surface area contributed by atoms with Gasteiger partial charge in [-0.15, -0.1) is 10.2 Å². The van der Waals surface area contributed by atoms with Gasteiger partial charge in [0.1, 0.15) is 16.9 Å². The van der Waals surface area contributed by atoms with E-state index in [-0.39, 0.29) is 5.56 Å². The molecule has 3 aromatic carbocycles. The molecule has 0 amide bonds. The molecule has 0 fully saturated rings. The molecule has 0 saturated heterocycles. The van der Waals surface area contributed by atoms with Crippen LogP contribution < -0.4 is 5.56 Å². The minimum Gasteiger partial charge on any atom is -0.292 e. The van der Waals surface area contributed by atoms with Crippen LogP contribution in [-0.4, -0.2) is 45.6 Å². The first-order valence-electron chi connectivity index (χ1n) is 13.4. The Morgan fingerprint density at radius 1 is 0.850 bits per heavy atom. The Morgan fingerprint density at radius 2 is 1.62 bits per heavy atom. The van der Waals surface area contributed by atoms with Crippen LogP contribution in [0.25, 0.3) is 33.5 Å². The van der Waals surface area contributed by atoms with Crippen LogP contribution in [0, 0.1) is 6.92 Å². The highest BCUT2D eigenvalue weighted by molar-refractivity contribution is 5.80. The van der Waals surface area contributed by atoms with Crippen molar-refractivity contribution in [1.29, 1.82) is 0 Å². The second kappa shape index (κ2) is 11.0. The minimum absolute atomic E-state index is 0.00498. The van der Waals surface area contributed by atoms with E-state index < -0.39 is 0 Å². The van der Waals surface area contributed by atoms with Crippen LogP contribution in [-0.2, 0) is 19.4 Å². The average Bonchev–Trinajstić information content (AvgIpc) is 3.69. The zero-order valence-electron chi connectivity index (χ0n) is 22.4. The van der Waals surface area contributed by atoms with Crippen molar-refractivity contribution in [1.82, 2.24) is 45.6 Å². The smallest absolute Gasteiger partial charge is 0.257 e. The van der Waals surface area contributed by atoms with Gasteiger partial charge in [-0.1, -0.05) is 67.9 Å². The molecule has 0 spiro atoms. The van der Waals surface area contributed by atoms with Crippen LogP contribution in [0.3, 0.4) is 0 Å². The quantitative estimate of drug-likeness (QED) is 0.278. The summed E-state index contributed by atoms with van der Waals surface area (Å²) in [5.41, 5.74) is 8.05. The van der Waals surface area contributed by atoms with Gasteiger partial charge in [0.05, 0.1) is 6.54 Å². The van der Waals surface area contributed by atoms with Crippen molar-refractivity contribution in [2.24, 2.45) is 0 Å². The first-order chi connectivity index (χ1) is 19.6. The maximum absolute atomic E-state index is 13.9. The Morgan fingerprint density at radius 3 is 2.40 bits per heavy atom. The number of nitrogens with one attached hydrogen (secondary N) is 2. The highest BCUT2D eigenvalue weighted by atomic mass is 16.1. The minimum atomic E-state index is 0.00498. The fraction of sp³-hybridized carbons (Fsp3) is 0.233. The lowest BCUT2D eigenvalue weighted by Gasteiger charge is -2.16. The summed E-state index contributed by atoms with van der Waals surface area (Å²) in [5, 5.41) is 25.5. The van der Waals surface area contributed by atoms with Crippen molar-refractivity contribution < 1.29 is 0 Å². The van der Waals surface area contributed by atoms with E-state index in [9.17, 15) is 4.79 Å². The Hall–Kier alpha value is -4.99. The van der Waals surface area contributed by atoms with Crippen molar-refractivity contribution in [2.45, 2.75) is 46.1 Å². The number of H-pyrrole nitrogens is 2. The zero-order valence-corrected chi connectivity index (χ0v) is 22.4. The maximum Gasteiger partial charge on any atom is 0.257 e. The van der Waals surface area contributed by atoms with Crippen LogP contribution in [0.1, 0.15) is 48.0 Å². The number of hydrogen-bond donors (Lipinski definition) is 2. The van der Waals surface area contributed by atoms with Crippen molar-refractivity contribution in [2.75, 3.05) is 0 Å². The van der Waals surface area contributed by atoms with E-state index in [1.807, 2.05) is 54.0 Å². The van der Waals surface area contributed by atoms with Gasteiger partial charge >= 0.3 is 0 Å². The predicted octanol–water partition coefficient (Wildman–Crippen LogP) is 4.65. The molecule has 10 heteroatoms. The average molecular weight is 532 g/mol. The molecule has 0 bridgehead atoms. The molecular formula is C30H29N9O. The molecule has 0 radical (unpaired) electrons. The summed E-state index contributed by atoms with van der Waals surface area (Å²) >= 11 is 0. The standard InChI is InChI=1S/C30H29N9O/c1-3-4-9-28-31-19(2)25(16-21-12-15-26-27(17-21)33-36-32-26)30(40)39(28)18-20-10-13-22(14-11-20)23-7-5-6-8-24(23)29-34-37-38-35-29/h5-8,10-15,17H,3-4,9,16,18H2,1-2H3,(H,32,33,36)(H,34,35,37,38). The molecule has 0 atom stereocenters. The SMILES string of the molecule is CCCCc1nc(C)c(Cc2ccc3n[nH]nc3c2)c(=O)n1Cc1ccc(-c2ccccc2-c2nn[nH]n2)cc1. The molecule has 0 aliphatic heterocycles. The number of benzene rings is 3. The van der Waals surface area contributed by atoms with Crippen LogP contribution in [0.5, 0.6) is 0 Å². The molecule has 2 N–H and O–H groups in total. The van der Waals surface area contributed by atoms with Crippen LogP contribution >= 0.6 is 0 Å². The van der Waals surface area contributed by atoms with Gasteiger partial charge in [-0.05, 0) is 52.9 Å². The Bertz CT molecular complexity index is 1820. The summed E-state index contributed by atoms with van der Waals surface area (Å²) in [4.78, 5) is 18.9. The number of aryl methyl sites for hydroxylation is 2. The van der Waals surface area contributed by atoms with E-state index >= 15 is 0 Å². The Balaban J connectivity index is 1.33. The molecule has 200 valence electrons. The highest BCUT2D eigenvalue weighted by Crippen LogP contribution is 2.30. The zero-order chi connectivity index (χ0) is 27.5. The second-order valence-electron chi connectivity index (χ2n) is 9.89. The summed E-state index contributed by atoms with van der Waals surface area (Å²) in [6.07, 6.45) is 3.25. The van der Waals surface area contributed by atoms with Gasteiger partial charge in [0.15, 0.2) is 0 Å².